The number of hydrogen-bond donors (Lipinski definition) is 1. The number of hydrogen-bond acceptors (Lipinski definition) is 3. The van der Waals surface area contributed by atoms with Crippen LogP contribution in [0.5, 0.6) is 0 Å². The van der Waals surface area contributed by atoms with Crippen LogP contribution in [0.4, 0.5) is 0 Å². The molecule has 1 heterocycles. The largest absolute Gasteiger partial charge is 0.313 e. The second-order valence-corrected chi connectivity index (χ2v) is 5.83. The second-order valence-electron chi connectivity index (χ2n) is 3.84. The van der Waals surface area contributed by atoms with E-state index in [0.717, 1.165) is 25.8 Å². The fourth-order valence-electron chi connectivity index (χ4n) is 1.74. The molecule has 0 saturated carbocycles. The van der Waals surface area contributed by atoms with Crippen LogP contribution >= 0.6 is 0 Å². The minimum atomic E-state index is -3.00. The van der Waals surface area contributed by atoms with Crippen molar-refractivity contribution < 1.29 is 8.42 Å². The van der Waals surface area contributed by atoms with E-state index in [4.69, 9.17) is 6.42 Å². The molecule has 15 heavy (non-hydrogen) atoms. The van der Waals surface area contributed by atoms with Gasteiger partial charge in [-0.25, -0.2) is 12.7 Å². The number of piperidine rings is 1. The van der Waals surface area contributed by atoms with E-state index < -0.39 is 10.0 Å². The Morgan fingerprint density at radius 3 is 2.53 bits per heavy atom. The molecule has 4 nitrogen and oxygen atoms in total. The van der Waals surface area contributed by atoms with Crippen LogP contribution in [0.3, 0.4) is 0 Å². The predicted octanol–water partition coefficient (Wildman–Crippen LogP) is 0.0233. The van der Waals surface area contributed by atoms with Gasteiger partial charge in [-0.1, -0.05) is 0 Å². The van der Waals surface area contributed by atoms with Gasteiger partial charge in [-0.15, -0.1) is 12.3 Å². The van der Waals surface area contributed by atoms with Crippen molar-refractivity contribution in [2.24, 2.45) is 0 Å². The lowest BCUT2D eigenvalue weighted by Gasteiger charge is -2.30. The third-order valence-electron chi connectivity index (χ3n) is 2.63. The van der Waals surface area contributed by atoms with Gasteiger partial charge >= 0.3 is 0 Å². The van der Waals surface area contributed by atoms with Crippen molar-refractivity contribution in [3.63, 3.8) is 0 Å². The lowest BCUT2D eigenvalue weighted by molar-refractivity contribution is 0.292. The molecule has 0 amide bonds. The summed E-state index contributed by atoms with van der Waals surface area (Å²) in [5.74, 6) is 2.57. The molecule has 0 aromatic carbocycles. The highest BCUT2D eigenvalue weighted by atomic mass is 32.2. The van der Waals surface area contributed by atoms with E-state index in [1.165, 1.54) is 10.6 Å². The van der Waals surface area contributed by atoms with Gasteiger partial charge in [0.1, 0.15) is 0 Å². The molecule has 0 unspecified atom stereocenters. The SMILES string of the molecule is C#CCCNC1CCN(S(C)(=O)=O)CC1. The summed E-state index contributed by atoms with van der Waals surface area (Å²) in [4.78, 5) is 0. The van der Waals surface area contributed by atoms with Crippen molar-refractivity contribution in [2.45, 2.75) is 25.3 Å². The van der Waals surface area contributed by atoms with Gasteiger partial charge in [0.05, 0.1) is 6.26 Å². The van der Waals surface area contributed by atoms with Crippen molar-refractivity contribution in [2.75, 3.05) is 25.9 Å². The van der Waals surface area contributed by atoms with Crippen LogP contribution in [0, 0.1) is 12.3 Å². The van der Waals surface area contributed by atoms with E-state index in [0.29, 0.717) is 19.1 Å². The second kappa shape index (κ2) is 5.50. The third-order valence-corrected chi connectivity index (χ3v) is 3.93. The van der Waals surface area contributed by atoms with Crippen molar-refractivity contribution in [1.29, 1.82) is 0 Å². The lowest BCUT2D eigenvalue weighted by atomic mass is 10.1. The maximum absolute atomic E-state index is 11.2. The zero-order valence-electron chi connectivity index (χ0n) is 9.07. The van der Waals surface area contributed by atoms with Crippen LogP contribution in [0.1, 0.15) is 19.3 Å². The van der Waals surface area contributed by atoms with Crippen LogP contribution in [-0.2, 0) is 10.0 Å². The smallest absolute Gasteiger partial charge is 0.211 e. The lowest BCUT2D eigenvalue weighted by Crippen LogP contribution is -2.44. The van der Waals surface area contributed by atoms with E-state index in [1.807, 2.05) is 0 Å². The highest BCUT2D eigenvalue weighted by Crippen LogP contribution is 2.12. The Morgan fingerprint density at radius 2 is 2.07 bits per heavy atom. The van der Waals surface area contributed by atoms with Gasteiger partial charge in [-0.3, -0.25) is 0 Å². The van der Waals surface area contributed by atoms with Gasteiger partial charge in [0.15, 0.2) is 0 Å². The van der Waals surface area contributed by atoms with Crippen LogP contribution < -0.4 is 5.32 Å². The van der Waals surface area contributed by atoms with E-state index in [9.17, 15) is 8.42 Å². The zero-order chi connectivity index (χ0) is 11.3. The van der Waals surface area contributed by atoms with Gasteiger partial charge < -0.3 is 5.32 Å². The molecule has 1 saturated heterocycles. The van der Waals surface area contributed by atoms with Gasteiger partial charge in [0.2, 0.25) is 10.0 Å². The highest BCUT2D eigenvalue weighted by molar-refractivity contribution is 7.88. The van der Waals surface area contributed by atoms with Crippen LogP contribution in [0.2, 0.25) is 0 Å². The van der Waals surface area contributed by atoms with Crippen molar-refractivity contribution in [3.8, 4) is 12.3 Å². The summed E-state index contributed by atoms with van der Waals surface area (Å²) in [6.07, 6.45) is 8.88. The van der Waals surface area contributed by atoms with Gasteiger partial charge in [-0.2, -0.15) is 0 Å². The Labute approximate surface area is 92.1 Å². The molecule has 0 spiro atoms. The number of nitrogens with one attached hydrogen (secondary N) is 1. The van der Waals surface area contributed by atoms with E-state index >= 15 is 0 Å². The van der Waals surface area contributed by atoms with Crippen molar-refractivity contribution >= 4 is 10.0 Å². The Kier molecular flexibility index (Phi) is 4.58. The summed E-state index contributed by atoms with van der Waals surface area (Å²) >= 11 is 0. The first-order chi connectivity index (χ1) is 7.04. The first-order valence-corrected chi connectivity index (χ1v) is 7.01. The fraction of sp³-hybridized carbons (Fsp3) is 0.800. The van der Waals surface area contributed by atoms with E-state index in [-0.39, 0.29) is 0 Å². The molecule has 1 aliphatic rings. The maximum Gasteiger partial charge on any atom is 0.211 e. The van der Waals surface area contributed by atoms with Crippen LogP contribution in [0.25, 0.3) is 0 Å². The average molecular weight is 230 g/mol. The number of nitrogens with zero attached hydrogens (tertiary/aromatic N) is 1. The highest BCUT2D eigenvalue weighted by Gasteiger charge is 2.24. The first-order valence-electron chi connectivity index (χ1n) is 5.16. The molecule has 1 rings (SSSR count). The molecule has 0 aromatic rings. The van der Waals surface area contributed by atoms with Crippen molar-refractivity contribution in [1.82, 2.24) is 9.62 Å². The predicted molar refractivity (Wildman–Crippen MR) is 60.9 cm³/mol. The van der Waals surface area contributed by atoms with Gasteiger partial charge in [-0.05, 0) is 12.8 Å². The average Bonchev–Trinajstić information content (AvgIpc) is 2.18. The number of rotatable bonds is 4. The fourth-order valence-corrected chi connectivity index (χ4v) is 2.61. The Balaban J connectivity index is 2.28. The number of sulfonamides is 1. The standard InChI is InChI=1S/C10H18N2O2S/c1-3-4-7-11-10-5-8-12(9-6-10)15(2,13)14/h1,10-11H,4-9H2,2H3. The summed E-state index contributed by atoms with van der Waals surface area (Å²) in [7, 11) is -3.00. The van der Waals surface area contributed by atoms with Crippen molar-refractivity contribution in [3.05, 3.63) is 0 Å². The molecule has 1 N–H and O–H groups in total. The van der Waals surface area contributed by atoms with Gasteiger partial charge in [0, 0.05) is 32.1 Å². The Hall–Kier alpha value is -0.570. The monoisotopic (exact) mass is 230 g/mol. The summed E-state index contributed by atoms with van der Waals surface area (Å²) < 4.78 is 24.0. The Bertz CT molecular complexity index is 324. The molecule has 5 heteroatoms. The summed E-state index contributed by atoms with van der Waals surface area (Å²) in [6, 6.07) is 0.413. The minimum Gasteiger partial charge on any atom is -0.313 e. The first kappa shape index (κ1) is 12.5. The van der Waals surface area contributed by atoms with Crippen LogP contribution in [-0.4, -0.2) is 44.7 Å². The molecule has 0 radical (unpaired) electrons. The zero-order valence-corrected chi connectivity index (χ0v) is 9.89. The molecule has 0 aliphatic carbocycles. The Morgan fingerprint density at radius 1 is 1.47 bits per heavy atom. The maximum atomic E-state index is 11.2. The molecule has 1 aliphatic heterocycles. The topological polar surface area (TPSA) is 49.4 Å². The third kappa shape index (κ3) is 4.20. The summed E-state index contributed by atoms with van der Waals surface area (Å²) in [5.41, 5.74) is 0. The quantitative estimate of drug-likeness (QED) is 0.547. The summed E-state index contributed by atoms with van der Waals surface area (Å²) in [5, 5.41) is 3.33. The van der Waals surface area contributed by atoms with E-state index in [1.54, 1.807) is 0 Å². The minimum absolute atomic E-state index is 0.413. The molecule has 0 aromatic heterocycles. The molecule has 86 valence electrons. The number of terminal acetylenes is 1. The molecule has 0 bridgehead atoms. The molecular weight excluding hydrogens is 212 g/mol. The molecule has 0 atom stereocenters. The van der Waals surface area contributed by atoms with Gasteiger partial charge in [0.25, 0.3) is 0 Å². The van der Waals surface area contributed by atoms with E-state index in [2.05, 4.69) is 11.2 Å². The van der Waals surface area contributed by atoms with Crippen LogP contribution in [0.15, 0.2) is 0 Å². The summed E-state index contributed by atoms with van der Waals surface area (Å²) in [6.45, 7) is 2.05. The molecular formula is C10H18N2O2S. The molecule has 1 fully saturated rings. The normalized spacial score (nSPS) is 20.0.